The molecule has 0 unspecified atom stereocenters. The van der Waals surface area contributed by atoms with Crippen LogP contribution in [0.2, 0.25) is 0 Å². The number of hydrazone groups is 1. The maximum atomic E-state index is 13.5. The standard InChI is InChI=1S/C23H21BrN2O2S/c1-16-6-10-18(11-7-16)22-15-23(19-4-3-5-20(24)14-19)26(25-22)29(27,28)21-12-8-17(2)9-13-21/h3-14,23H,15H2,1-2H3/t23-/m1/s1. The lowest BCUT2D eigenvalue weighted by molar-refractivity contribution is 0.371. The average molecular weight is 469 g/mol. The second-order valence-corrected chi connectivity index (χ2v) is 9.99. The van der Waals surface area contributed by atoms with Gasteiger partial charge >= 0.3 is 0 Å². The SMILES string of the molecule is Cc1ccc(C2=NN(S(=O)(=O)c3ccc(C)cc3)[C@@H](c3cccc(Br)c3)C2)cc1. The van der Waals surface area contributed by atoms with Gasteiger partial charge in [0.15, 0.2) is 0 Å². The summed E-state index contributed by atoms with van der Waals surface area (Å²) in [6.07, 6.45) is 0.518. The van der Waals surface area contributed by atoms with Gasteiger partial charge < -0.3 is 0 Å². The Morgan fingerprint density at radius 3 is 2.17 bits per heavy atom. The number of hydrogen-bond donors (Lipinski definition) is 0. The molecule has 6 heteroatoms. The van der Waals surface area contributed by atoms with Gasteiger partial charge in [-0.05, 0) is 49.2 Å². The zero-order valence-electron chi connectivity index (χ0n) is 16.2. The first-order chi connectivity index (χ1) is 13.8. The van der Waals surface area contributed by atoms with Crippen LogP contribution in [0, 0.1) is 13.8 Å². The molecule has 0 saturated heterocycles. The fraction of sp³-hybridized carbons (Fsp3) is 0.174. The van der Waals surface area contributed by atoms with Crippen molar-refractivity contribution in [3.63, 3.8) is 0 Å². The van der Waals surface area contributed by atoms with Crippen molar-refractivity contribution < 1.29 is 8.42 Å². The third kappa shape index (κ3) is 4.00. The van der Waals surface area contributed by atoms with E-state index in [9.17, 15) is 8.42 Å². The van der Waals surface area contributed by atoms with E-state index in [4.69, 9.17) is 0 Å². The molecular formula is C23H21BrN2O2S. The summed E-state index contributed by atoms with van der Waals surface area (Å²) in [7, 11) is -3.78. The second-order valence-electron chi connectivity index (χ2n) is 7.28. The fourth-order valence-electron chi connectivity index (χ4n) is 3.41. The van der Waals surface area contributed by atoms with E-state index >= 15 is 0 Å². The van der Waals surface area contributed by atoms with Gasteiger partial charge in [-0.1, -0.05) is 75.6 Å². The van der Waals surface area contributed by atoms with E-state index in [1.807, 2.05) is 74.5 Å². The molecule has 0 aliphatic carbocycles. The normalized spacial score (nSPS) is 16.7. The van der Waals surface area contributed by atoms with Gasteiger partial charge in [0.1, 0.15) is 0 Å². The predicted octanol–water partition coefficient (Wildman–Crippen LogP) is 5.61. The van der Waals surface area contributed by atoms with Crippen LogP contribution in [0.3, 0.4) is 0 Å². The molecule has 29 heavy (non-hydrogen) atoms. The van der Waals surface area contributed by atoms with Gasteiger partial charge in [0, 0.05) is 10.9 Å². The third-order valence-corrected chi connectivity index (χ3v) is 7.25. The minimum absolute atomic E-state index is 0.247. The van der Waals surface area contributed by atoms with Crippen LogP contribution in [-0.2, 0) is 10.0 Å². The van der Waals surface area contributed by atoms with Crippen LogP contribution in [0.4, 0.5) is 0 Å². The molecule has 0 radical (unpaired) electrons. The summed E-state index contributed by atoms with van der Waals surface area (Å²) in [5.41, 5.74) is 4.78. The quantitative estimate of drug-likeness (QED) is 0.499. The van der Waals surface area contributed by atoms with E-state index < -0.39 is 16.1 Å². The van der Waals surface area contributed by atoms with Gasteiger partial charge in [-0.2, -0.15) is 17.9 Å². The Bertz CT molecular complexity index is 1170. The lowest BCUT2D eigenvalue weighted by Crippen LogP contribution is -2.27. The molecule has 0 bridgehead atoms. The Balaban J connectivity index is 1.80. The Hall–Kier alpha value is -2.44. The molecular weight excluding hydrogens is 448 g/mol. The van der Waals surface area contributed by atoms with Crippen molar-refractivity contribution >= 4 is 31.7 Å². The molecule has 4 nitrogen and oxygen atoms in total. The predicted molar refractivity (Wildman–Crippen MR) is 119 cm³/mol. The smallest absolute Gasteiger partial charge is 0.200 e. The van der Waals surface area contributed by atoms with Crippen molar-refractivity contribution in [1.82, 2.24) is 4.41 Å². The van der Waals surface area contributed by atoms with Crippen LogP contribution in [0.25, 0.3) is 0 Å². The molecule has 0 saturated carbocycles. The van der Waals surface area contributed by atoms with Crippen LogP contribution in [0.15, 0.2) is 87.3 Å². The minimum Gasteiger partial charge on any atom is -0.200 e. The van der Waals surface area contributed by atoms with Gasteiger partial charge in [0.25, 0.3) is 10.0 Å². The van der Waals surface area contributed by atoms with Gasteiger partial charge in [-0.25, -0.2) is 0 Å². The highest BCUT2D eigenvalue weighted by Crippen LogP contribution is 2.37. The van der Waals surface area contributed by atoms with Crippen molar-refractivity contribution in [2.45, 2.75) is 31.2 Å². The molecule has 0 aromatic heterocycles. The largest absolute Gasteiger partial charge is 0.279 e. The number of halogens is 1. The maximum absolute atomic E-state index is 13.5. The van der Waals surface area contributed by atoms with E-state index in [0.717, 1.165) is 32.4 Å². The molecule has 0 N–H and O–H groups in total. The maximum Gasteiger partial charge on any atom is 0.279 e. The van der Waals surface area contributed by atoms with Crippen LogP contribution in [-0.4, -0.2) is 18.5 Å². The summed E-state index contributed by atoms with van der Waals surface area (Å²) in [5.74, 6) is 0. The number of nitrogens with zero attached hydrogens (tertiary/aromatic N) is 2. The molecule has 4 rings (SSSR count). The van der Waals surface area contributed by atoms with Crippen molar-refractivity contribution in [2.24, 2.45) is 5.10 Å². The van der Waals surface area contributed by atoms with E-state index in [1.54, 1.807) is 12.1 Å². The van der Waals surface area contributed by atoms with Crippen LogP contribution < -0.4 is 0 Å². The molecule has 0 spiro atoms. The molecule has 1 aliphatic heterocycles. The molecule has 148 valence electrons. The molecule has 1 atom stereocenters. The Morgan fingerprint density at radius 2 is 1.55 bits per heavy atom. The summed E-state index contributed by atoms with van der Waals surface area (Å²) >= 11 is 3.50. The molecule has 1 heterocycles. The first kappa shape index (κ1) is 19.9. The average Bonchev–Trinajstić information content (AvgIpc) is 3.15. The number of benzene rings is 3. The zero-order chi connectivity index (χ0) is 20.6. The summed E-state index contributed by atoms with van der Waals surface area (Å²) < 4.78 is 29.1. The van der Waals surface area contributed by atoms with Crippen LogP contribution in [0.1, 0.15) is 34.7 Å². The van der Waals surface area contributed by atoms with Crippen molar-refractivity contribution in [3.05, 3.63) is 99.5 Å². The monoisotopic (exact) mass is 468 g/mol. The van der Waals surface area contributed by atoms with Crippen LogP contribution in [0.5, 0.6) is 0 Å². The van der Waals surface area contributed by atoms with E-state index in [1.165, 1.54) is 4.41 Å². The number of rotatable bonds is 4. The highest BCUT2D eigenvalue weighted by atomic mass is 79.9. The molecule has 3 aromatic carbocycles. The fourth-order valence-corrected chi connectivity index (χ4v) is 5.26. The van der Waals surface area contributed by atoms with E-state index in [-0.39, 0.29) is 4.90 Å². The summed E-state index contributed by atoms with van der Waals surface area (Å²) in [5, 5.41) is 4.59. The van der Waals surface area contributed by atoms with Crippen LogP contribution >= 0.6 is 15.9 Å². The topological polar surface area (TPSA) is 49.7 Å². The third-order valence-electron chi connectivity index (χ3n) is 5.06. The van der Waals surface area contributed by atoms with Crippen molar-refractivity contribution in [3.8, 4) is 0 Å². The summed E-state index contributed by atoms with van der Waals surface area (Å²) in [6.45, 7) is 3.96. The number of aryl methyl sites for hydroxylation is 2. The number of hydrogen-bond acceptors (Lipinski definition) is 3. The summed E-state index contributed by atoms with van der Waals surface area (Å²) in [4.78, 5) is 0.247. The lowest BCUT2D eigenvalue weighted by atomic mass is 9.99. The number of sulfonamides is 1. The Morgan fingerprint density at radius 1 is 0.931 bits per heavy atom. The van der Waals surface area contributed by atoms with E-state index in [2.05, 4.69) is 21.0 Å². The Kier molecular flexibility index (Phi) is 5.32. The summed E-state index contributed by atoms with van der Waals surface area (Å²) in [6, 6.07) is 22.3. The molecule has 1 aliphatic rings. The highest BCUT2D eigenvalue weighted by molar-refractivity contribution is 9.10. The van der Waals surface area contributed by atoms with Gasteiger partial charge in [0.2, 0.25) is 0 Å². The van der Waals surface area contributed by atoms with Crippen molar-refractivity contribution in [1.29, 1.82) is 0 Å². The van der Waals surface area contributed by atoms with Gasteiger partial charge in [-0.15, -0.1) is 0 Å². The molecule has 0 amide bonds. The van der Waals surface area contributed by atoms with Gasteiger partial charge in [0.05, 0.1) is 16.6 Å². The molecule has 3 aromatic rings. The van der Waals surface area contributed by atoms with E-state index in [0.29, 0.717) is 6.42 Å². The lowest BCUT2D eigenvalue weighted by Gasteiger charge is -2.23. The zero-order valence-corrected chi connectivity index (χ0v) is 18.6. The first-order valence-electron chi connectivity index (χ1n) is 9.36. The first-order valence-corrected chi connectivity index (χ1v) is 11.6. The highest BCUT2D eigenvalue weighted by Gasteiger charge is 2.37. The molecule has 0 fully saturated rings. The second kappa shape index (κ2) is 7.76. The van der Waals surface area contributed by atoms with Crippen molar-refractivity contribution in [2.75, 3.05) is 0 Å². The Labute approximate surface area is 180 Å². The minimum atomic E-state index is -3.78. The van der Waals surface area contributed by atoms with Gasteiger partial charge in [-0.3, -0.25) is 0 Å².